The molecule has 1 N–H and O–H groups in total. The number of β-amino-alcohol motifs (C(OH)–C–C–N with tert-alkyl or cyclic N) is 1. The SMILES string of the molecule is CC1CN(C)c2ccccc2N(CC(O)Cn2cc([N+](=O)[O-])cn2)C1. The van der Waals surface area contributed by atoms with E-state index in [9.17, 15) is 15.2 Å². The summed E-state index contributed by atoms with van der Waals surface area (Å²) in [5, 5.41) is 25.2. The smallest absolute Gasteiger partial charge is 0.306 e. The van der Waals surface area contributed by atoms with Gasteiger partial charge in [-0.1, -0.05) is 19.1 Å². The van der Waals surface area contributed by atoms with Gasteiger partial charge >= 0.3 is 5.69 Å². The standard InChI is InChI=1S/C17H23N5O3/c1-13-8-19(2)16-5-3-4-6-17(16)20(9-13)11-15(23)12-21-10-14(7-18-21)22(24)25/h3-7,10,13,15,23H,8-9,11-12H2,1-2H3. The van der Waals surface area contributed by atoms with Crippen LogP contribution in [0.5, 0.6) is 0 Å². The first kappa shape index (κ1) is 17.2. The highest BCUT2D eigenvalue weighted by Gasteiger charge is 2.24. The number of hydrogen-bond donors (Lipinski definition) is 1. The third kappa shape index (κ3) is 3.90. The highest BCUT2D eigenvalue weighted by atomic mass is 16.6. The van der Waals surface area contributed by atoms with Gasteiger partial charge in [-0.25, -0.2) is 0 Å². The van der Waals surface area contributed by atoms with Crippen LogP contribution in [0.4, 0.5) is 17.1 Å². The fourth-order valence-electron chi connectivity index (χ4n) is 3.40. The van der Waals surface area contributed by atoms with E-state index in [4.69, 9.17) is 0 Å². The molecule has 0 radical (unpaired) electrons. The summed E-state index contributed by atoms with van der Waals surface area (Å²) in [6, 6.07) is 8.17. The Hall–Kier alpha value is -2.61. The molecule has 134 valence electrons. The summed E-state index contributed by atoms with van der Waals surface area (Å²) in [6.45, 7) is 4.66. The van der Waals surface area contributed by atoms with Crippen LogP contribution < -0.4 is 9.80 Å². The third-order valence-electron chi connectivity index (χ3n) is 4.41. The molecule has 2 heterocycles. The first-order valence-electron chi connectivity index (χ1n) is 8.34. The maximum Gasteiger partial charge on any atom is 0.306 e. The van der Waals surface area contributed by atoms with Crippen LogP contribution in [0.25, 0.3) is 0 Å². The fourth-order valence-corrected chi connectivity index (χ4v) is 3.40. The molecule has 0 spiro atoms. The fraction of sp³-hybridized carbons (Fsp3) is 0.471. The second kappa shape index (κ2) is 7.10. The van der Waals surface area contributed by atoms with Crippen molar-refractivity contribution >= 4 is 17.1 Å². The number of fused-ring (bicyclic) bond motifs is 1. The molecule has 0 aliphatic carbocycles. The Morgan fingerprint density at radius 1 is 1.32 bits per heavy atom. The third-order valence-corrected chi connectivity index (χ3v) is 4.41. The summed E-state index contributed by atoms with van der Waals surface area (Å²) in [5.74, 6) is 0.454. The molecule has 2 aromatic rings. The Morgan fingerprint density at radius 2 is 2.04 bits per heavy atom. The Balaban J connectivity index is 1.73. The van der Waals surface area contributed by atoms with E-state index >= 15 is 0 Å². The first-order chi connectivity index (χ1) is 11.9. The summed E-state index contributed by atoms with van der Waals surface area (Å²) < 4.78 is 1.42. The number of para-hydroxylation sites is 2. The molecule has 0 bridgehead atoms. The quantitative estimate of drug-likeness (QED) is 0.656. The van der Waals surface area contributed by atoms with Crippen molar-refractivity contribution in [2.75, 3.05) is 36.5 Å². The molecule has 3 rings (SSSR count). The van der Waals surface area contributed by atoms with Crippen LogP contribution >= 0.6 is 0 Å². The average Bonchev–Trinajstić information content (AvgIpc) is 2.98. The lowest BCUT2D eigenvalue weighted by Crippen LogP contribution is -2.37. The molecule has 1 aliphatic heterocycles. The zero-order valence-corrected chi connectivity index (χ0v) is 14.4. The lowest BCUT2D eigenvalue weighted by Gasteiger charge is -2.28. The molecule has 1 aromatic heterocycles. The first-order valence-corrected chi connectivity index (χ1v) is 8.34. The van der Waals surface area contributed by atoms with Crippen molar-refractivity contribution in [1.82, 2.24) is 9.78 Å². The van der Waals surface area contributed by atoms with Crippen LogP contribution in [0.2, 0.25) is 0 Å². The summed E-state index contributed by atoms with van der Waals surface area (Å²) in [6.07, 6.45) is 1.87. The topological polar surface area (TPSA) is 87.7 Å². The van der Waals surface area contributed by atoms with E-state index < -0.39 is 11.0 Å². The predicted molar refractivity (Wildman–Crippen MR) is 96.0 cm³/mol. The molecule has 0 saturated heterocycles. The number of hydrogen-bond acceptors (Lipinski definition) is 6. The van der Waals surface area contributed by atoms with Crippen molar-refractivity contribution in [2.24, 2.45) is 5.92 Å². The zero-order chi connectivity index (χ0) is 18.0. The molecule has 0 saturated carbocycles. The lowest BCUT2D eigenvalue weighted by atomic mass is 10.1. The predicted octanol–water partition coefficient (Wildman–Crippen LogP) is 1.74. The van der Waals surface area contributed by atoms with Crippen LogP contribution in [0.3, 0.4) is 0 Å². The molecule has 2 unspecified atom stereocenters. The van der Waals surface area contributed by atoms with Crippen LogP contribution in [0.1, 0.15) is 6.92 Å². The minimum absolute atomic E-state index is 0.0671. The number of aromatic nitrogens is 2. The van der Waals surface area contributed by atoms with Crippen molar-refractivity contribution in [1.29, 1.82) is 0 Å². The van der Waals surface area contributed by atoms with E-state index in [0.717, 1.165) is 24.5 Å². The number of benzene rings is 1. The van der Waals surface area contributed by atoms with E-state index in [2.05, 4.69) is 41.0 Å². The molecule has 8 heteroatoms. The Bertz CT molecular complexity index is 747. The molecule has 1 aliphatic rings. The average molecular weight is 345 g/mol. The molecule has 1 aromatic carbocycles. The van der Waals surface area contributed by atoms with Gasteiger partial charge in [-0.3, -0.25) is 14.8 Å². The van der Waals surface area contributed by atoms with Crippen LogP contribution in [0.15, 0.2) is 36.7 Å². The second-order valence-electron chi connectivity index (χ2n) is 6.71. The van der Waals surface area contributed by atoms with E-state index in [1.54, 1.807) is 0 Å². The number of aliphatic hydroxyl groups is 1. The van der Waals surface area contributed by atoms with Gasteiger partial charge in [0.1, 0.15) is 12.4 Å². The number of nitrogens with zero attached hydrogens (tertiary/aromatic N) is 5. The molecular weight excluding hydrogens is 322 g/mol. The Labute approximate surface area is 146 Å². The van der Waals surface area contributed by atoms with Gasteiger partial charge in [0.15, 0.2) is 0 Å². The minimum atomic E-state index is -0.678. The summed E-state index contributed by atoms with van der Waals surface area (Å²) >= 11 is 0. The molecule has 25 heavy (non-hydrogen) atoms. The molecular formula is C17H23N5O3. The number of aliphatic hydroxyl groups excluding tert-OH is 1. The Kier molecular flexibility index (Phi) is 4.89. The molecule has 2 atom stereocenters. The minimum Gasteiger partial charge on any atom is -0.389 e. The van der Waals surface area contributed by atoms with Crippen LogP contribution in [0, 0.1) is 16.0 Å². The highest BCUT2D eigenvalue weighted by Crippen LogP contribution is 2.32. The van der Waals surface area contributed by atoms with Gasteiger partial charge in [-0.2, -0.15) is 5.10 Å². The maximum absolute atomic E-state index is 10.7. The largest absolute Gasteiger partial charge is 0.389 e. The maximum atomic E-state index is 10.7. The van der Waals surface area contributed by atoms with Gasteiger partial charge in [0.2, 0.25) is 0 Å². The summed E-state index contributed by atoms with van der Waals surface area (Å²) in [4.78, 5) is 14.7. The normalized spacial score (nSPS) is 18.6. The van der Waals surface area contributed by atoms with Crippen molar-refractivity contribution in [3.8, 4) is 0 Å². The van der Waals surface area contributed by atoms with Crippen LogP contribution in [-0.2, 0) is 6.54 Å². The zero-order valence-electron chi connectivity index (χ0n) is 14.4. The van der Waals surface area contributed by atoms with Crippen molar-refractivity contribution in [2.45, 2.75) is 19.6 Å². The second-order valence-corrected chi connectivity index (χ2v) is 6.71. The van der Waals surface area contributed by atoms with Gasteiger partial charge in [0.25, 0.3) is 0 Å². The molecule has 0 amide bonds. The number of nitro groups is 1. The van der Waals surface area contributed by atoms with E-state index in [1.165, 1.54) is 17.1 Å². The van der Waals surface area contributed by atoms with Crippen molar-refractivity contribution in [3.63, 3.8) is 0 Å². The van der Waals surface area contributed by atoms with Gasteiger partial charge in [-0.05, 0) is 18.1 Å². The van der Waals surface area contributed by atoms with Crippen molar-refractivity contribution in [3.05, 3.63) is 46.8 Å². The molecule has 8 nitrogen and oxygen atoms in total. The van der Waals surface area contributed by atoms with Crippen LogP contribution in [-0.4, -0.2) is 52.6 Å². The number of anilines is 2. The lowest BCUT2D eigenvalue weighted by molar-refractivity contribution is -0.385. The van der Waals surface area contributed by atoms with Crippen molar-refractivity contribution < 1.29 is 10.0 Å². The van der Waals surface area contributed by atoms with E-state index in [0.29, 0.717) is 12.5 Å². The van der Waals surface area contributed by atoms with Gasteiger partial charge in [-0.15, -0.1) is 0 Å². The molecule has 0 fully saturated rings. The van der Waals surface area contributed by atoms with Gasteiger partial charge in [0.05, 0.1) is 28.9 Å². The monoisotopic (exact) mass is 345 g/mol. The van der Waals surface area contributed by atoms with Gasteiger partial charge in [0, 0.05) is 26.7 Å². The highest BCUT2D eigenvalue weighted by molar-refractivity contribution is 5.72. The Morgan fingerprint density at radius 3 is 2.72 bits per heavy atom. The van der Waals surface area contributed by atoms with Gasteiger partial charge < -0.3 is 14.9 Å². The summed E-state index contributed by atoms with van der Waals surface area (Å²) in [5.41, 5.74) is 2.18. The summed E-state index contributed by atoms with van der Waals surface area (Å²) in [7, 11) is 2.08. The number of rotatable bonds is 5. The van der Waals surface area contributed by atoms with E-state index in [-0.39, 0.29) is 12.2 Å². The van der Waals surface area contributed by atoms with E-state index in [1.807, 2.05) is 12.1 Å².